The summed E-state index contributed by atoms with van der Waals surface area (Å²) in [6.07, 6.45) is -0.909. The minimum Gasteiger partial charge on any atom is -0.373 e. The molecule has 0 aromatic rings. The second kappa shape index (κ2) is 4.86. The molecule has 136 valence electrons. The SMILES string of the molecule is CC(C)ON1C(=O)[C@H]2[C@H]3O[C@H]([C@@H]2C1=O)[C@@H]1[C@@H]3[C@]2(Cl)C[C@]1(Cl)C(Cl)=C2Cl. The Morgan fingerprint density at radius 1 is 1.04 bits per heavy atom. The smallest absolute Gasteiger partial charge is 0.260 e. The first kappa shape index (κ1) is 17.1. The van der Waals surface area contributed by atoms with Crippen LogP contribution in [-0.4, -0.2) is 44.9 Å². The third kappa shape index (κ3) is 1.72. The average Bonchev–Trinajstić information content (AvgIpc) is 3.25. The molecule has 3 heterocycles. The Morgan fingerprint density at radius 2 is 1.48 bits per heavy atom. The van der Waals surface area contributed by atoms with Gasteiger partial charge in [-0.25, -0.2) is 0 Å². The second-order valence-corrected chi connectivity index (χ2v) is 9.93. The Kier molecular flexibility index (Phi) is 3.32. The molecule has 0 N–H and O–H groups in total. The van der Waals surface area contributed by atoms with Gasteiger partial charge in [0, 0.05) is 11.8 Å². The van der Waals surface area contributed by atoms with Gasteiger partial charge in [0.1, 0.15) is 0 Å². The van der Waals surface area contributed by atoms with E-state index in [0.717, 1.165) is 5.06 Å². The van der Waals surface area contributed by atoms with Gasteiger partial charge in [0.05, 0.1) is 50.0 Å². The van der Waals surface area contributed by atoms with Gasteiger partial charge in [-0.1, -0.05) is 23.2 Å². The summed E-state index contributed by atoms with van der Waals surface area (Å²) in [7, 11) is 0. The molecule has 2 aliphatic carbocycles. The molecule has 25 heavy (non-hydrogen) atoms. The maximum atomic E-state index is 12.8. The van der Waals surface area contributed by atoms with Gasteiger partial charge in [0.25, 0.3) is 11.8 Å². The first-order valence-corrected chi connectivity index (χ1v) is 9.78. The number of amides is 2. The van der Waals surface area contributed by atoms with Crippen molar-refractivity contribution >= 4 is 58.2 Å². The quantitative estimate of drug-likeness (QED) is 0.503. The van der Waals surface area contributed by atoms with Crippen LogP contribution in [0.3, 0.4) is 0 Å². The highest BCUT2D eigenvalue weighted by Crippen LogP contribution is 2.75. The van der Waals surface area contributed by atoms with Gasteiger partial charge >= 0.3 is 0 Å². The van der Waals surface area contributed by atoms with Crippen LogP contribution in [0.5, 0.6) is 0 Å². The van der Waals surface area contributed by atoms with E-state index in [1.807, 2.05) is 0 Å². The Balaban J connectivity index is 1.58. The number of fused-ring (bicyclic) bond motifs is 12. The number of allylic oxidation sites excluding steroid dienone is 2. The second-order valence-electron chi connectivity index (χ2n) is 7.82. The summed E-state index contributed by atoms with van der Waals surface area (Å²) >= 11 is 26.5. The molecule has 0 spiro atoms. The number of alkyl halides is 2. The van der Waals surface area contributed by atoms with E-state index in [9.17, 15) is 9.59 Å². The minimum absolute atomic E-state index is 0.247. The summed E-state index contributed by atoms with van der Waals surface area (Å²) in [5.74, 6) is -2.43. The predicted molar refractivity (Wildman–Crippen MR) is 91.2 cm³/mol. The van der Waals surface area contributed by atoms with Crippen molar-refractivity contribution in [3.8, 4) is 0 Å². The Hall–Kier alpha value is -0.0400. The number of rotatable bonds is 2. The molecular formula is C16H15Cl4NO4. The average molecular weight is 427 g/mol. The lowest BCUT2D eigenvalue weighted by Crippen LogP contribution is -2.50. The molecule has 2 amide bonds. The van der Waals surface area contributed by atoms with Crippen molar-refractivity contribution in [2.45, 2.75) is 48.3 Å². The lowest BCUT2D eigenvalue weighted by molar-refractivity contribution is -0.202. The van der Waals surface area contributed by atoms with Gasteiger partial charge in [-0.2, -0.15) is 5.06 Å². The van der Waals surface area contributed by atoms with E-state index in [4.69, 9.17) is 56.0 Å². The zero-order valence-corrected chi connectivity index (χ0v) is 16.4. The maximum absolute atomic E-state index is 12.8. The molecule has 0 aromatic heterocycles. The van der Waals surface area contributed by atoms with Crippen LogP contribution in [0, 0.1) is 23.7 Å². The third-order valence-corrected chi connectivity index (χ3v) is 8.78. The summed E-state index contributed by atoms with van der Waals surface area (Å²) in [4.78, 5) is 29.2. The van der Waals surface area contributed by atoms with Crippen molar-refractivity contribution in [3.05, 3.63) is 10.1 Å². The third-order valence-electron chi connectivity index (χ3n) is 6.28. The molecule has 8 atom stereocenters. The monoisotopic (exact) mass is 425 g/mol. The van der Waals surface area contributed by atoms with Crippen LogP contribution in [0.15, 0.2) is 10.1 Å². The fourth-order valence-corrected chi connectivity index (χ4v) is 7.60. The maximum Gasteiger partial charge on any atom is 0.260 e. The fourth-order valence-electron chi connectivity index (χ4n) is 5.58. The normalized spacial score (nSPS) is 52.8. The molecule has 3 saturated heterocycles. The number of carbonyl (C=O) groups is 2. The van der Waals surface area contributed by atoms with Crippen LogP contribution < -0.4 is 0 Å². The molecule has 4 fully saturated rings. The number of nitrogens with zero attached hydrogens (tertiary/aromatic N) is 1. The lowest BCUT2D eigenvalue weighted by Gasteiger charge is -2.40. The van der Waals surface area contributed by atoms with E-state index < -0.39 is 33.8 Å². The summed E-state index contributed by atoms with van der Waals surface area (Å²) in [6.45, 7) is 3.53. The molecular weight excluding hydrogens is 412 g/mol. The highest BCUT2D eigenvalue weighted by atomic mass is 35.5. The van der Waals surface area contributed by atoms with E-state index in [2.05, 4.69) is 0 Å². The van der Waals surface area contributed by atoms with Crippen molar-refractivity contribution in [2.24, 2.45) is 23.7 Å². The number of hydrogen-bond acceptors (Lipinski definition) is 4. The molecule has 5 rings (SSSR count). The number of carbonyl (C=O) groups excluding carboxylic acids is 2. The summed E-state index contributed by atoms with van der Waals surface area (Å²) in [6, 6.07) is 0. The molecule has 5 aliphatic rings. The Bertz CT molecular complexity index is 702. The summed E-state index contributed by atoms with van der Waals surface area (Å²) in [5, 5.41) is 1.57. The fraction of sp³-hybridized carbons (Fsp3) is 0.750. The standard InChI is InChI=1S/C16H15Cl4NO4/c1-4(2)25-21-13(22)5-6(14(21)23)10-8-7(9(5)24-10)15(19)3-16(8,20)12(18)11(15)17/h4-10H,3H2,1-2H3/t5-,6-,7+,8+,9-,10-,15-,16-/m1/s1. The van der Waals surface area contributed by atoms with Gasteiger partial charge < -0.3 is 4.74 Å². The van der Waals surface area contributed by atoms with Crippen molar-refractivity contribution in [3.63, 3.8) is 0 Å². The molecule has 0 radical (unpaired) electrons. The van der Waals surface area contributed by atoms with Crippen LogP contribution in [0.25, 0.3) is 0 Å². The summed E-state index contributed by atoms with van der Waals surface area (Å²) < 4.78 is 6.07. The summed E-state index contributed by atoms with van der Waals surface area (Å²) in [5.41, 5.74) is 0. The molecule has 0 aromatic carbocycles. The first-order chi connectivity index (χ1) is 11.6. The minimum atomic E-state index is -0.939. The van der Waals surface area contributed by atoms with E-state index in [0.29, 0.717) is 16.5 Å². The first-order valence-electron chi connectivity index (χ1n) is 8.27. The highest BCUT2D eigenvalue weighted by Gasteiger charge is 2.82. The molecule has 4 bridgehead atoms. The number of ether oxygens (including phenoxy) is 1. The van der Waals surface area contributed by atoms with Gasteiger partial charge in [0.2, 0.25) is 0 Å². The van der Waals surface area contributed by atoms with E-state index in [1.165, 1.54) is 0 Å². The van der Waals surface area contributed by atoms with Gasteiger partial charge in [-0.05, 0) is 20.3 Å². The van der Waals surface area contributed by atoms with E-state index in [-0.39, 0.29) is 29.8 Å². The number of hydroxylamine groups is 2. The molecule has 9 heteroatoms. The van der Waals surface area contributed by atoms with Crippen LogP contribution >= 0.6 is 46.4 Å². The van der Waals surface area contributed by atoms with Crippen molar-refractivity contribution in [2.75, 3.05) is 0 Å². The molecule has 1 saturated carbocycles. The lowest BCUT2D eigenvalue weighted by atomic mass is 9.65. The highest BCUT2D eigenvalue weighted by molar-refractivity contribution is 6.51. The van der Waals surface area contributed by atoms with Crippen molar-refractivity contribution in [1.29, 1.82) is 0 Å². The molecule has 3 aliphatic heterocycles. The topological polar surface area (TPSA) is 55.8 Å². The van der Waals surface area contributed by atoms with Crippen LogP contribution in [0.2, 0.25) is 0 Å². The zero-order valence-electron chi connectivity index (χ0n) is 13.3. The predicted octanol–water partition coefficient (Wildman–Crippen LogP) is 3.00. The number of imide groups is 1. The van der Waals surface area contributed by atoms with Crippen LogP contribution in [0.1, 0.15) is 20.3 Å². The van der Waals surface area contributed by atoms with Crippen LogP contribution in [0.4, 0.5) is 0 Å². The van der Waals surface area contributed by atoms with E-state index >= 15 is 0 Å². The van der Waals surface area contributed by atoms with Gasteiger partial charge in [0.15, 0.2) is 0 Å². The Labute approximate surface area is 164 Å². The van der Waals surface area contributed by atoms with Crippen LogP contribution in [-0.2, 0) is 19.2 Å². The van der Waals surface area contributed by atoms with Gasteiger partial charge in [-0.3, -0.25) is 14.4 Å². The Morgan fingerprint density at radius 3 is 1.88 bits per heavy atom. The molecule has 5 nitrogen and oxygen atoms in total. The van der Waals surface area contributed by atoms with Crippen molar-refractivity contribution in [1.82, 2.24) is 5.06 Å². The molecule has 0 unspecified atom stereocenters. The van der Waals surface area contributed by atoms with E-state index in [1.54, 1.807) is 13.8 Å². The van der Waals surface area contributed by atoms with Crippen molar-refractivity contribution < 1.29 is 19.2 Å². The zero-order chi connectivity index (χ0) is 18.0. The number of halogens is 4. The largest absolute Gasteiger partial charge is 0.373 e. The van der Waals surface area contributed by atoms with Gasteiger partial charge in [-0.15, -0.1) is 23.2 Å². The number of hydrogen-bond donors (Lipinski definition) is 0.